The zero-order valence-electron chi connectivity index (χ0n) is 17.5. The van der Waals surface area contributed by atoms with E-state index in [-0.39, 0.29) is 11.8 Å². The van der Waals surface area contributed by atoms with Crippen LogP contribution in [0.25, 0.3) is 11.4 Å². The van der Waals surface area contributed by atoms with Crippen molar-refractivity contribution in [1.82, 2.24) is 18.8 Å². The molecule has 2 saturated heterocycles. The van der Waals surface area contributed by atoms with E-state index in [1.165, 1.54) is 10.6 Å². The summed E-state index contributed by atoms with van der Waals surface area (Å²) in [7, 11) is -3.15. The van der Waals surface area contributed by atoms with Gasteiger partial charge in [-0.05, 0) is 31.6 Å². The molecule has 162 valence electrons. The van der Waals surface area contributed by atoms with E-state index < -0.39 is 10.0 Å². The fraction of sp³-hybridized carbons (Fsp3) is 0.545. The number of hydrogen-bond acceptors (Lipinski definition) is 4. The second-order valence-corrected chi connectivity index (χ2v) is 10.5. The zero-order valence-corrected chi connectivity index (χ0v) is 18.3. The van der Waals surface area contributed by atoms with E-state index in [2.05, 4.69) is 21.7 Å². The van der Waals surface area contributed by atoms with Crippen LogP contribution in [-0.2, 0) is 21.4 Å². The summed E-state index contributed by atoms with van der Waals surface area (Å²) in [6.07, 6.45) is 8.35. The Hall–Kier alpha value is -2.19. The van der Waals surface area contributed by atoms with Crippen molar-refractivity contribution in [2.45, 2.75) is 32.2 Å². The maximum absolute atomic E-state index is 12.9. The molecule has 2 fully saturated rings. The third kappa shape index (κ3) is 4.75. The molecule has 1 aromatic carbocycles. The standard InChI is InChI=1S/C22H30N4O3S/c1-30(28,29)26-14-9-20(10-15-26)22(27)24-12-7-18(8-13-24)17-25-16-11-23-21(25)19-5-3-2-4-6-19/h2-6,11,16,18,20H,7-10,12-15,17H2,1H3. The number of piperidine rings is 2. The fourth-order valence-electron chi connectivity index (χ4n) is 4.61. The number of nitrogens with zero attached hydrogens (tertiary/aromatic N) is 4. The Morgan fingerprint density at radius 1 is 1.03 bits per heavy atom. The van der Waals surface area contributed by atoms with Gasteiger partial charge in [-0.1, -0.05) is 30.3 Å². The minimum Gasteiger partial charge on any atom is -0.342 e. The normalized spacial score (nSPS) is 19.8. The Bertz CT molecular complexity index is 957. The Morgan fingerprint density at radius 2 is 1.70 bits per heavy atom. The Balaban J connectivity index is 1.29. The largest absolute Gasteiger partial charge is 0.342 e. The molecule has 0 radical (unpaired) electrons. The van der Waals surface area contributed by atoms with E-state index in [0.29, 0.717) is 31.8 Å². The molecule has 0 atom stereocenters. The SMILES string of the molecule is CS(=O)(=O)N1CCC(C(=O)N2CCC(Cn3ccnc3-c3ccccc3)CC2)CC1. The summed E-state index contributed by atoms with van der Waals surface area (Å²) < 4.78 is 27.0. The molecule has 30 heavy (non-hydrogen) atoms. The van der Waals surface area contributed by atoms with Gasteiger partial charge in [0.2, 0.25) is 15.9 Å². The summed E-state index contributed by atoms with van der Waals surface area (Å²) in [6.45, 7) is 3.39. The highest BCUT2D eigenvalue weighted by molar-refractivity contribution is 7.88. The topological polar surface area (TPSA) is 75.5 Å². The van der Waals surface area contributed by atoms with Crippen LogP contribution in [0.4, 0.5) is 0 Å². The zero-order chi connectivity index (χ0) is 21.1. The molecule has 0 unspecified atom stereocenters. The van der Waals surface area contributed by atoms with Gasteiger partial charge in [0.1, 0.15) is 5.82 Å². The average molecular weight is 431 g/mol. The van der Waals surface area contributed by atoms with Crippen LogP contribution in [0.1, 0.15) is 25.7 Å². The third-order valence-electron chi connectivity index (χ3n) is 6.40. The van der Waals surface area contributed by atoms with E-state index >= 15 is 0 Å². The Labute approximate surface area is 178 Å². The monoisotopic (exact) mass is 430 g/mol. The van der Waals surface area contributed by atoms with E-state index in [4.69, 9.17) is 0 Å². The summed E-state index contributed by atoms with van der Waals surface area (Å²) in [4.78, 5) is 19.4. The Kier molecular flexibility index (Phi) is 6.24. The summed E-state index contributed by atoms with van der Waals surface area (Å²) in [5.74, 6) is 1.68. The summed E-state index contributed by atoms with van der Waals surface area (Å²) in [5, 5.41) is 0. The van der Waals surface area contributed by atoms with Gasteiger partial charge in [-0.2, -0.15) is 0 Å². The van der Waals surface area contributed by atoms with Crippen LogP contribution in [0.3, 0.4) is 0 Å². The predicted octanol–water partition coefficient (Wildman–Crippen LogP) is 2.46. The second-order valence-electron chi connectivity index (χ2n) is 8.47. The molecule has 0 bridgehead atoms. The number of hydrogen-bond donors (Lipinski definition) is 0. The third-order valence-corrected chi connectivity index (χ3v) is 7.70. The van der Waals surface area contributed by atoms with Crippen LogP contribution >= 0.6 is 0 Å². The number of amides is 1. The van der Waals surface area contributed by atoms with Crippen molar-refractivity contribution >= 4 is 15.9 Å². The molecule has 7 nitrogen and oxygen atoms in total. The summed E-state index contributed by atoms with van der Waals surface area (Å²) in [6, 6.07) is 10.2. The molecule has 2 aliphatic rings. The van der Waals surface area contributed by atoms with Gasteiger partial charge < -0.3 is 9.47 Å². The molecule has 0 saturated carbocycles. The van der Waals surface area contributed by atoms with Gasteiger partial charge in [-0.25, -0.2) is 17.7 Å². The van der Waals surface area contributed by atoms with Crippen LogP contribution < -0.4 is 0 Å². The number of carbonyl (C=O) groups is 1. The predicted molar refractivity (Wildman–Crippen MR) is 116 cm³/mol. The average Bonchev–Trinajstić information content (AvgIpc) is 3.22. The number of sulfonamides is 1. The second kappa shape index (κ2) is 8.89. The molecule has 0 aliphatic carbocycles. The molecule has 3 heterocycles. The quantitative estimate of drug-likeness (QED) is 0.730. The number of imidazole rings is 1. The van der Waals surface area contributed by atoms with Gasteiger partial charge in [0.15, 0.2) is 0 Å². The minimum atomic E-state index is -3.15. The first-order chi connectivity index (χ1) is 14.4. The van der Waals surface area contributed by atoms with Gasteiger partial charge in [-0.3, -0.25) is 4.79 Å². The van der Waals surface area contributed by atoms with Gasteiger partial charge >= 0.3 is 0 Å². The lowest BCUT2D eigenvalue weighted by Crippen LogP contribution is -2.46. The first kappa shape index (κ1) is 21.1. The fourth-order valence-corrected chi connectivity index (χ4v) is 5.48. The lowest BCUT2D eigenvalue weighted by atomic mass is 9.92. The summed E-state index contributed by atoms with van der Waals surface area (Å²) >= 11 is 0. The molecular weight excluding hydrogens is 400 g/mol. The van der Waals surface area contributed by atoms with E-state index in [0.717, 1.165) is 43.9 Å². The van der Waals surface area contributed by atoms with E-state index in [9.17, 15) is 13.2 Å². The van der Waals surface area contributed by atoms with Crippen LogP contribution in [0.2, 0.25) is 0 Å². The van der Waals surface area contributed by atoms with Crippen molar-refractivity contribution in [1.29, 1.82) is 0 Å². The number of carbonyl (C=O) groups excluding carboxylic acids is 1. The van der Waals surface area contributed by atoms with Crippen LogP contribution in [0.5, 0.6) is 0 Å². The molecule has 0 N–H and O–H groups in total. The van der Waals surface area contributed by atoms with E-state index in [1.807, 2.05) is 35.5 Å². The maximum atomic E-state index is 12.9. The van der Waals surface area contributed by atoms with Crippen molar-refractivity contribution in [2.24, 2.45) is 11.8 Å². The molecule has 8 heteroatoms. The number of likely N-dealkylation sites (tertiary alicyclic amines) is 1. The highest BCUT2D eigenvalue weighted by Crippen LogP contribution is 2.26. The van der Waals surface area contributed by atoms with Gasteiger partial charge in [0.25, 0.3) is 0 Å². The van der Waals surface area contributed by atoms with Crippen molar-refractivity contribution in [3.8, 4) is 11.4 Å². The van der Waals surface area contributed by atoms with E-state index in [1.54, 1.807) is 0 Å². The molecule has 1 amide bonds. The molecule has 4 rings (SSSR count). The van der Waals surface area contributed by atoms with Crippen LogP contribution in [0.15, 0.2) is 42.7 Å². The smallest absolute Gasteiger partial charge is 0.225 e. The molecule has 2 aliphatic heterocycles. The maximum Gasteiger partial charge on any atom is 0.225 e. The van der Waals surface area contributed by atoms with Crippen molar-refractivity contribution < 1.29 is 13.2 Å². The van der Waals surface area contributed by atoms with Crippen LogP contribution in [0, 0.1) is 11.8 Å². The van der Waals surface area contributed by atoms with Crippen LogP contribution in [-0.4, -0.2) is 65.5 Å². The number of aromatic nitrogens is 2. The highest BCUT2D eigenvalue weighted by atomic mass is 32.2. The molecule has 1 aromatic heterocycles. The molecule has 0 spiro atoms. The summed E-state index contributed by atoms with van der Waals surface area (Å²) in [5.41, 5.74) is 1.12. The van der Waals surface area contributed by atoms with Gasteiger partial charge in [0, 0.05) is 56.6 Å². The lowest BCUT2D eigenvalue weighted by molar-refractivity contribution is -0.138. The number of rotatable bonds is 5. The number of benzene rings is 1. The van der Waals surface area contributed by atoms with Crippen molar-refractivity contribution in [3.63, 3.8) is 0 Å². The highest BCUT2D eigenvalue weighted by Gasteiger charge is 2.33. The first-order valence-corrected chi connectivity index (χ1v) is 12.6. The first-order valence-electron chi connectivity index (χ1n) is 10.7. The van der Waals surface area contributed by atoms with Gasteiger partial charge in [-0.15, -0.1) is 0 Å². The lowest BCUT2D eigenvalue weighted by Gasteiger charge is -2.37. The molecular formula is C22H30N4O3S. The van der Waals surface area contributed by atoms with Crippen molar-refractivity contribution in [3.05, 3.63) is 42.7 Å². The minimum absolute atomic E-state index is 0.0436. The van der Waals surface area contributed by atoms with Crippen molar-refractivity contribution in [2.75, 3.05) is 32.4 Å². The van der Waals surface area contributed by atoms with Gasteiger partial charge in [0.05, 0.1) is 6.26 Å². The molecule has 2 aromatic rings. The Morgan fingerprint density at radius 3 is 2.33 bits per heavy atom.